The van der Waals surface area contributed by atoms with Crippen molar-refractivity contribution in [3.8, 4) is 17.2 Å². The first kappa shape index (κ1) is 18.3. The van der Waals surface area contributed by atoms with Crippen molar-refractivity contribution >= 4 is 23.1 Å². The number of furan rings is 1. The van der Waals surface area contributed by atoms with Crippen LogP contribution >= 0.6 is 0 Å². The van der Waals surface area contributed by atoms with Crippen LogP contribution in [0.5, 0.6) is 17.2 Å². The van der Waals surface area contributed by atoms with Crippen molar-refractivity contribution in [3.63, 3.8) is 0 Å². The fraction of sp³-hybridized carbons (Fsp3) is 0.200. The third-order valence-corrected chi connectivity index (χ3v) is 4.16. The Morgan fingerprint density at radius 1 is 1.04 bits per heavy atom. The van der Waals surface area contributed by atoms with Crippen molar-refractivity contribution < 1.29 is 23.4 Å². The second-order valence-electron chi connectivity index (χ2n) is 5.70. The topological polar surface area (TPSA) is 82.3 Å². The monoisotopic (exact) mass is 368 g/mol. The number of fused-ring (bicyclic) bond motifs is 1. The Kier molecular flexibility index (Phi) is 5.30. The molecule has 0 aliphatic rings. The molecule has 140 valence electrons. The van der Waals surface area contributed by atoms with Crippen LogP contribution in [-0.4, -0.2) is 33.5 Å². The fourth-order valence-corrected chi connectivity index (χ4v) is 2.76. The van der Waals surface area contributed by atoms with Gasteiger partial charge in [-0.25, -0.2) is 5.43 Å². The van der Waals surface area contributed by atoms with Crippen molar-refractivity contribution in [1.29, 1.82) is 0 Å². The summed E-state index contributed by atoms with van der Waals surface area (Å²) in [5, 5.41) is 4.90. The van der Waals surface area contributed by atoms with Gasteiger partial charge in [0, 0.05) is 22.6 Å². The van der Waals surface area contributed by atoms with Crippen molar-refractivity contribution in [2.75, 3.05) is 21.3 Å². The molecule has 3 rings (SSSR count). The second-order valence-corrected chi connectivity index (χ2v) is 5.70. The van der Waals surface area contributed by atoms with Gasteiger partial charge in [0.25, 0.3) is 0 Å². The number of carbonyl (C=O) groups excluding carboxylic acids is 1. The first-order valence-corrected chi connectivity index (χ1v) is 8.20. The van der Waals surface area contributed by atoms with E-state index in [9.17, 15) is 4.79 Å². The van der Waals surface area contributed by atoms with E-state index in [2.05, 4.69) is 10.5 Å². The van der Waals surface area contributed by atoms with Crippen molar-refractivity contribution in [2.45, 2.75) is 6.92 Å². The van der Waals surface area contributed by atoms with E-state index < -0.39 is 5.91 Å². The summed E-state index contributed by atoms with van der Waals surface area (Å²) in [5.41, 5.74) is 4.52. The Morgan fingerprint density at radius 2 is 1.70 bits per heavy atom. The van der Waals surface area contributed by atoms with Gasteiger partial charge in [-0.05, 0) is 19.1 Å². The van der Waals surface area contributed by atoms with Crippen molar-refractivity contribution in [2.24, 2.45) is 5.10 Å². The minimum Gasteiger partial charge on any atom is -0.496 e. The molecule has 2 aromatic carbocycles. The van der Waals surface area contributed by atoms with E-state index >= 15 is 0 Å². The van der Waals surface area contributed by atoms with E-state index in [1.165, 1.54) is 20.4 Å². The molecule has 27 heavy (non-hydrogen) atoms. The normalized spacial score (nSPS) is 11.0. The molecule has 7 heteroatoms. The standard InChI is InChI=1S/C20H20N2O5/c1-12-14-7-5-6-8-15(14)27-19(12)20(23)22-21-11-13-9-17(25-3)18(26-4)10-16(13)24-2/h5-11H,1-4H3,(H,22,23)/b21-11-. The molecule has 0 saturated heterocycles. The summed E-state index contributed by atoms with van der Waals surface area (Å²) in [7, 11) is 4.62. The van der Waals surface area contributed by atoms with Gasteiger partial charge in [-0.3, -0.25) is 4.79 Å². The Hall–Kier alpha value is -3.48. The van der Waals surface area contributed by atoms with Crippen molar-refractivity contribution in [3.05, 3.63) is 53.3 Å². The fourth-order valence-electron chi connectivity index (χ4n) is 2.76. The van der Waals surface area contributed by atoms with Gasteiger partial charge in [-0.1, -0.05) is 18.2 Å². The van der Waals surface area contributed by atoms with E-state index in [1.54, 1.807) is 19.2 Å². The lowest BCUT2D eigenvalue weighted by molar-refractivity contribution is 0.0929. The van der Waals surface area contributed by atoms with E-state index in [1.807, 2.05) is 31.2 Å². The number of nitrogens with one attached hydrogen (secondary N) is 1. The van der Waals surface area contributed by atoms with Gasteiger partial charge in [-0.2, -0.15) is 5.10 Å². The number of hydrazone groups is 1. The Labute approximate surface area is 156 Å². The molecule has 0 bridgehead atoms. The maximum Gasteiger partial charge on any atom is 0.307 e. The quantitative estimate of drug-likeness (QED) is 0.532. The number of amides is 1. The molecule has 0 aliphatic heterocycles. The second kappa shape index (κ2) is 7.82. The van der Waals surface area contributed by atoms with Gasteiger partial charge in [0.2, 0.25) is 0 Å². The molecule has 0 radical (unpaired) electrons. The lowest BCUT2D eigenvalue weighted by Gasteiger charge is -2.11. The Morgan fingerprint density at radius 3 is 2.37 bits per heavy atom. The summed E-state index contributed by atoms with van der Waals surface area (Å²) >= 11 is 0. The predicted molar refractivity (Wildman–Crippen MR) is 102 cm³/mol. The van der Waals surface area contributed by atoms with Gasteiger partial charge in [-0.15, -0.1) is 0 Å². The predicted octanol–water partition coefficient (Wildman–Crippen LogP) is 3.53. The number of nitrogens with zero attached hydrogens (tertiary/aromatic N) is 1. The zero-order valence-electron chi connectivity index (χ0n) is 15.5. The molecule has 1 heterocycles. The summed E-state index contributed by atoms with van der Waals surface area (Å²) in [5.74, 6) is 1.39. The lowest BCUT2D eigenvalue weighted by Crippen LogP contribution is -2.17. The number of methoxy groups -OCH3 is 3. The van der Waals surface area contributed by atoms with Crippen LogP contribution in [-0.2, 0) is 0 Å². The highest BCUT2D eigenvalue weighted by Crippen LogP contribution is 2.33. The van der Waals surface area contributed by atoms with Crippen LogP contribution in [0.15, 0.2) is 45.9 Å². The number of carbonyl (C=O) groups is 1. The van der Waals surface area contributed by atoms with E-state index in [0.29, 0.717) is 28.4 Å². The number of ether oxygens (including phenoxy) is 3. The number of aryl methyl sites for hydroxylation is 1. The molecule has 0 aliphatic carbocycles. The summed E-state index contributed by atoms with van der Waals surface area (Å²) in [4.78, 5) is 12.4. The highest BCUT2D eigenvalue weighted by Gasteiger charge is 2.17. The number of rotatable bonds is 6. The van der Waals surface area contributed by atoms with Crippen LogP contribution in [0.2, 0.25) is 0 Å². The molecule has 0 saturated carbocycles. The zero-order valence-corrected chi connectivity index (χ0v) is 15.5. The summed E-state index contributed by atoms with van der Waals surface area (Å²) < 4.78 is 21.5. The minimum absolute atomic E-state index is 0.229. The van der Waals surface area contributed by atoms with Crippen LogP contribution in [0, 0.1) is 6.92 Å². The molecular formula is C20H20N2O5. The van der Waals surface area contributed by atoms with Gasteiger partial charge in [0.05, 0.1) is 27.5 Å². The van der Waals surface area contributed by atoms with Crippen molar-refractivity contribution in [1.82, 2.24) is 5.43 Å². The number of hydrogen-bond acceptors (Lipinski definition) is 6. The number of para-hydroxylation sites is 1. The lowest BCUT2D eigenvalue weighted by atomic mass is 10.1. The Balaban J connectivity index is 1.82. The molecule has 0 spiro atoms. The van der Waals surface area contributed by atoms with Crippen LogP contribution < -0.4 is 19.6 Å². The molecule has 1 N–H and O–H groups in total. The molecule has 3 aromatic rings. The third kappa shape index (κ3) is 3.57. The maximum absolute atomic E-state index is 12.4. The molecule has 7 nitrogen and oxygen atoms in total. The van der Waals surface area contributed by atoms with Crippen LogP contribution in [0.1, 0.15) is 21.7 Å². The van der Waals surface area contributed by atoms with Crippen LogP contribution in [0.25, 0.3) is 11.0 Å². The van der Waals surface area contributed by atoms with Gasteiger partial charge in [0.15, 0.2) is 17.3 Å². The molecular weight excluding hydrogens is 348 g/mol. The first-order valence-electron chi connectivity index (χ1n) is 8.20. The summed E-state index contributed by atoms with van der Waals surface area (Å²) in [6.45, 7) is 1.84. The average Bonchev–Trinajstić information content (AvgIpc) is 3.04. The maximum atomic E-state index is 12.4. The average molecular weight is 368 g/mol. The van der Waals surface area contributed by atoms with Crippen LogP contribution in [0.3, 0.4) is 0 Å². The van der Waals surface area contributed by atoms with Gasteiger partial charge in [0.1, 0.15) is 11.3 Å². The highest BCUT2D eigenvalue weighted by atomic mass is 16.5. The highest BCUT2D eigenvalue weighted by molar-refractivity contribution is 5.99. The minimum atomic E-state index is -0.431. The van der Waals surface area contributed by atoms with Gasteiger partial charge < -0.3 is 18.6 Å². The molecule has 0 unspecified atom stereocenters. The Bertz CT molecular complexity index is 1010. The zero-order chi connectivity index (χ0) is 19.4. The molecule has 0 fully saturated rings. The van der Waals surface area contributed by atoms with E-state index in [4.69, 9.17) is 18.6 Å². The first-order chi connectivity index (χ1) is 13.1. The largest absolute Gasteiger partial charge is 0.496 e. The molecule has 0 atom stereocenters. The molecule has 1 amide bonds. The third-order valence-electron chi connectivity index (χ3n) is 4.16. The SMILES string of the molecule is COc1cc(OC)c(OC)cc1/C=N\NC(=O)c1oc2ccccc2c1C. The molecule has 1 aromatic heterocycles. The van der Waals surface area contributed by atoms with E-state index in [-0.39, 0.29) is 5.76 Å². The summed E-state index contributed by atoms with van der Waals surface area (Å²) in [6.07, 6.45) is 1.47. The van der Waals surface area contributed by atoms with Crippen LogP contribution in [0.4, 0.5) is 0 Å². The summed E-state index contributed by atoms with van der Waals surface area (Å²) in [6, 6.07) is 10.9. The van der Waals surface area contributed by atoms with E-state index in [0.717, 1.165) is 10.9 Å². The van der Waals surface area contributed by atoms with Gasteiger partial charge >= 0.3 is 5.91 Å². The smallest absolute Gasteiger partial charge is 0.307 e. The number of hydrogen-bond donors (Lipinski definition) is 1. The number of benzene rings is 2.